The molecule has 18 heavy (non-hydrogen) atoms. The molecule has 2 heterocycles. The molecule has 0 saturated carbocycles. The second-order valence-electron chi connectivity index (χ2n) is 4.24. The van der Waals surface area contributed by atoms with E-state index in [1.54, 1.807) is 11.8 Å². The highest BCUT2D eigenvalue weighted by molar-refractivity contribution is 9.10. The zero-order chi connectivity index (χ0) is 12.7. The summed E-state index contributed by atoms with van der Waals surface area (Å²) in [6.07, 6.45) is 2.14. The standard InChI is InChI=1S/C12H10BrFN2OS/c13-7-4-6-9(5-8(7)14)15-11(16-12(6)17)10-2-1-3-18-10/h4-5,10H,1-3H2,(H,15,16,17)/t10-/m0/s1. The van der Waals surface area contributed by atoms with Gasteiger partial charge in [-0.05, 0) is 40.6 Å². The number of halogens is 2. The fourth-order valence-corrected chi connectivity index (χ4v) is 3.66. The Balaban J connectivity index is 2.20. The van der Waals surface area contributed by atoms with Gasteiger partial charge in [0.1, 0.15) is 11.6 Å². The molecule has 0 amide bonds. The third-order valence-electron chi connectivity index (χ3n) is 3.00. The number of rotatable bonds is 1. The summed E-state index contributed by atoms with van der Waals surface area (Å²) in [6, 6.07) is 2.78. The Morgan fingerprint density at radius 2 is 2.33 bits per heavy atom. The van der Waals surface area contributed by atoms with Gasteiger partial charge < -0.3 is 4.98 Å². The lowest BCUT2D eigenvalue weighted by Crippen LogP contribution is -2.13. The predicted octanol–water partition coefficient (Wildman–Crippen LogP) is 3.39. The van der Waals surface area contributed by atoms with Crippen molar-refractivity contribution in [1.82, 2.24) is 9.97 Å². The van der Waals surface area contributed by atoms with Crippen LogP contribution < -0.4 is 5.56 Å². The van der Waals surface area contributed by atoms with Gasteiger partial charge in [0, 0.05) is 6.07 Å². The molecule has 2 aromatic rings. The molecular formula is C12H10BrFN2OS. The first-order valence-corrected chi connectivity index (χ1v) is 7.50. The van der Waals surface area contributed by atoms with Crippen LogP contribution in [0.2, 0.25) is 0 Å². The lowest BCUT2D eigenvalue weighted by molar-refractivity contribution is 0.622. The molecule has 0 aliphatic carbocycles. The predicted molar refractivity (Wildman–Crippen MR) is 74.5 cm³/mol. The molecule has 0 bridgehead atoms. The molecule has 0 spiro atoms. The first kappa shape index (κ1) is 12.2. The Bertz CT molecular complexity index is 667. The maximum atomic E-state index is 13.5. The van der Waals surface area contributed by atoms with E-state index >= 15 is 0 Å². The van der Waals surface area contributed by atoms with Crippen molar-refractivity contribution in [2.24, 2.45) is 0 Å². The monoisotopic (exact) mass is 328 g/mol. The van der Waals surface area contributed by atoms with Crippen molar-refractivity contribution in [3.8, 4) is 0 Å². The minimum atomic E-state index is -0.398. The summed E-state index contributed by atoms with van der Waals surface area (Å²) in [5.74, 6) is 1.35. The van der Waals surface area contributed by atoms with E-state index in [0.717, 1.165) is 18.6 Å². The van der Waals surface area contributed by atoms with Gasteiger partial charge in [-0.15, -0.1) is 0 Å². The molecule has 1 aliphatic heterocycles. The summed E-state index contributed by atoms with van der Waals surface area (Å²) in [7, 11) is 0. The summed E-state index contributed by atoms with van der Waals surface area (Å²) in [4.78, 5) is 19.2. The van der Waals surface area contributed by atoms with Gasteiger partial charge in [0.2, 0.25) is 0 Å². The second kappa shape index (κ2) is 4.66. The van der Waals surface area contributed by atoms with Crippen LogP contribution in [-0.2, 0) is 0 Å². The zero-order valence-corrected chi connectivity index (χ0v) is 11.8. The average molecular weight is 329 g/mol. The van der Waals surface area contributed by atoms with Gasteiger partial charge in [0.25, 0.3) is 5.56 Å². The number of nitrogens with one attached hydrogen (secondary N) is 1. The first-order chi connectivity index (χ1) is 8.65. The summed E-state index contributed by atoms with van der Waals surface area (Å²) < 4.78 is 13.8. The number of aromatic amines is 1. The normalized spacial score (nSPS) is 19.6. The topological polar surface area (TPSA) is 45.8 Å². The molecular weight excluding hydrogens is 319 g/mol. The highest BCUT2D eigenvalue weighted by Crippen LogP contribution is 2.38. The SMILES string of the molecule is O=c1[nH]c([C@@H]2CCCS2)nc2cc(F)c(Br)cc12. The average Bonchev–Trinajstić information content (AvgIpc) is 2.85. The minimum Gasteiger partial charge on any atom is -0.309 e. The van der Waals surface area contributed by atoms with Gasteiger partial charge in [0.05, 0.1) is 20.6 Å². The van der Waals surface area contributed by atoms with Gasteiger partial charge >= 0.3 is 0 Å². The quantitative estimate of drug-likeness (QED) is 0.872. The van der Waals surface area contributed by atoms with E-state index in [4.69, 9.17) is 0 Å². The molecule has 6 heteroatoms. The van der Waals surface area contributed by atoms with Gasteiger partial charge in [-0.25, -0.2) is 9.37 Å². The van der Waals surface area contributed by atoms with Crippen LogP contribution >= 0.6 is 27.7 Å². The summed E-state index contributed by atoms with van der Waals surface area (Å²) in [5.41, 5.74) is 0.213. The van der Waals surface area contributed by atoms with Crippen molar-refractivity contribution in [3.05, 3.63) is 38.6 Å². The number of H-pyrrole nitrogens is 1. The van der Waals surface area contributed by atoms with Gasteiger partial charge in [-0.3, -0.25) is 4.79 Å². The first-order valence-electron chi connectivity index (χ1n) is 5.66. The van der Waals surface area contributed by atoms with E-state index in [1.807, 2.05) is 0 Å². The number of nitrogens with zero attached hydrogens (tertiary/aromatic N) is 1. The molecule has 1 N–H and O–H groups in total. The van der Waals surface area contributed by atoms with Crippen molar-refractivity contribution in [3.63, 3.8) is 0 Å². The van der Waals surface area contributed by atoms with E-state index < -0.39 is 5.82 Å². The van der Waals surface area contributed by atoms with Crippen LogP contribution in [0.25, 0.3) is 10.9 Å². The second-order valence-corrected chi connectivity index (χ2v) is 6.40. The molecule has 94 valence electrons. The lowest BCUT2D eigenvalue weighted by atomic mass is 10.2. The number of hydrogen-bond donors (Lipinski definition) is 1. The van der Waals surface area contributed by atoms with E-state index in [2.05, 4.69) is 25.9 Å². The fraction of sp³-hybridized carbons (Fsp3) is 0.333. The molecule has 1 saturated heterocycles. The number of fused-ring (bicyclic) bond motifs is 1. The molecule has 1 aromatic carbocycles. The van der Waals surface area contributed by atoms with Crippen molar-refractivity contribution in [2.45, 2.75) is 18.1 Å². The molecule has 1 atom stereocenters. The third kappa shape index (κ3) is 2.07. The maximum absolute atomic E-state index is 13.5. The Labute approximate surface area is 115 Å². The van der Waals surface area contributed by atoms with Gasteiger partial charge in [0.15, 0.2) is 0 Å². The van der Waals surface area contributed by atoms with Crippen molar-refractivity contribution >= 4 is 38.6 Å². The van der Waals surface area contributed by atoms with Crippen LogP contribution in [0.3, 0.4) is 0 Å². The lowest BCUT2D eigenvalue weighted by Gasteiger charge is -2.08. The Morgan fingerprint density at radius 1 is 1.50 bits per heavy atom. The van der Waals surface area contributed by atoms with Crippen LogP contribution in [0.1, 0.15) is 23.9 Å². The third-order valence-corrected chi connectivity index (χ3v) is 4.99. The zero-order valence-electron chi connectivity index (χ0n) is 9.37. The summed E-state index contributed by atoms with van der Waals surface area (Å²) in [6.45, 7) is 0. The van der Waals surface area contributed by atoms with E-state index in [1.165, 1.54) is 12.1 Å². The minimum absolute atomic E-state index is 0.205. The number of hydrogen-bond acceptors (Lipinski definition) is 3. The fourth-order valence-electron chi connectivity index (χ4n) is 2.10. The molecule has 1 fully saturated rings. The Morgan fingerprint density at radius 3 is 3.06 bits per heavy atom. The highest BCUT2D eigenvalue weighted by Gasteiger charge is 2.21. The van der Waals surface area contributed by atoms with Crippen molar-refractivity contribution in [2.75, 3.05) is 5.75 Å². The van der Waals surface area contributed by atoms with Gasteiger partial charge in [-0.1, -0.05) is 0 Å². The molecule has 1 aliphatic rings. The van der Waals surface area contributed by atoms with E-state index in [9.17, 15) is 9.18 Å². The number of aromatic nitrogens is 2. The van der Waals surface area contributed by atoms with Crippen LogP contribution in [0, 0.1) is 5.82 Å². The molecule has 3 rings (SSSR count). The molecule has 3 nitrogen and oxygen atoms in total. The van der Waals surface area contributed by atoms with Crippen LogP contribution in [0.15, 0.2) is 21.4 Å². The smallest absolute Gasteiger partial charge is 0.258 e. The van der Waals surface area contributed by atoms with Crippen molar-refractivity contribution in [1.29, 1.82) is 0 Å². The largest absolute Gasteiger partial charge is 0.309 e. The maximum Gasteiger partial charge on any atom is 0.258 e. The van der Waals surface area contributed by atoms with Crippen LogP contribution in [0.4, 0.5) is 4.39 Å². The summed E-state index contributed by atoms with van der Waals surface area (Å²) >= 11 is 4.86. The molecule has 1 aromatic heterocycles. The Kier molecular flexibility index (Phi) is 3.15. The Hall–Kier alpha value is -0.880. The molecule has 0 radical (unpaired) electrons. The highest BCUT2D eigenvalue weighted by atomic mass is 79.9. The number of thioether (sulfide) groups is 1. The summed E-state index contributed by atoms with van der Waals surface area (Å²) in [5, 5.41) is 0.642. The van der Waals surface area contributed by atoms with E-state index in [0.29, 0.717) is 16.7 Å². The number of benzene rings is 1. The van der Waals surface area contributed by atoms with E-state index in [-0.39, 0.29) is 15.3 Å². The van der Waals surface area contributed by atoms with Crippen molar-refractivity contribution < 1.29 is 4.39 Å². The van der Waals surface area contributed by atoms with Crippen LogP contribution in [-0.4, -0.2) is 15.7 Å². The van der Waals surface area contributed by atoms with Crippen LogP contribution in [0.5, 0.6) is 0 Å². The van der Waals surface area contributed by atoms with Gasteiger partial charge in [-0.2, -0.15) is 11.8 Å². The molecule has 0 unspecified atom stereocenters.